The highest BCUT2D eigenvalue weighted by Gasteiger charge is 2.28. The quantitative estimate of drug-likeness (QED) is 0.541. The van der Waals surface area contributed by atoms with Crippen molar-refractivity contribution in [1.29, 1.82) is 0 Å². The van der Waals surface area contributed by atoms with Gasteiger partial charge in [-0.2, -0.15) is 0 Å². The van der Waals surface area contributed by atoms with Gasteiger partial charge in [-0.05, 0) is 46.0 Å². The lowest BCUT2D eigenvalue weighted by Gasteiger charge is -2.29. The van der Waals surface area contributed by atoms with Crippen LogP contribution in [0.1, 0.15) is 52.9 Å². The fourth-order valence-corrected chi connectivity index (χ4v) is 3.10. The van der Waals surface area contributed by atoms with E-state index in [0.717, 1.165) is 32.1 Å². The van der Waals surface area contributed by atoms with E-state index in [1.165, 1.54) is 6.20 Å². The summed E-state index contributed by atoms with van der Waals surface area (Å²) < 4.78 is 5.48. The molecule has 0 saturated heterocycles. The number of anilines is 1. The molecule has 8 nitrogen and oxygen atoms in total. The van der Waals surface area contributed by atoms with Gasteiger partial charge in [-0.25, -0.2) is 4.98 Å². The van der Waals surface area contributed by atoms with Crippen molar-refractivity contribution < 1.29 is 14.5 Å². The first-order valence-electron chi connectivity index (χ1n) is 9.24. The highest BCUT2D eigenvalue weighted by molar-refractivity contribution is 5.79. The second-order valence-electron chi connectivity index (χ2n) is 7.00. The summed E-state index contributed by atoms with van der Waals surface area (Å²) in [6, 6.07) is 1.82. The molecular formula is C18H28N4O4. The molecule has 0 spiro atoms. The number of nitrogens with zero attached hydrogens (tertiary/aromatic N) is 2. The lowest BCUT2D eigenvalue weighted by Crippen LogP contribution is -2.38. The first-order chi connectivity index (χ1) is 12.4. The summed E-state index contributed by atoms with van der Waals surface area (Å²) in [5.74, 6) is 0.500. The molecule has 8 heteroatoms. The smallest absolute Gasteiger partial charge is 0.310 e. The van der Waals surface area contributed by atoms with Crippen LogP contribution < -0.4 is 15.4 Å². The van der Waals surface area contributed by atoms with Gasteiger partial charge in [-0.1, -0.05) is 6.92 Å². The molecule has 26 heavy (non-hydrogen) atoms. The van der Waals surface area contributed by atoms with E-state index in [1.807, 2.05) is 20.8 Å². The van der Waals surface area contributed by atoms with Crippen molar-refractivity contribution in [2.24, 2.45) is 5.92 Å². The zero-order chi connectivity index (χ0) is 19.1. The van der Waals surface area contributed by atoms with Crippen molar-refractivity contribution >= 4 is 17.3 Å². The minimum Gasteiger partial charge on any atom is -0.478 e. The van der Waals surface area contributed by atoms with E-state index < -0.39 is 4.92 Å². The van der Waals surface area contributed by atoms with Crippen molar-refractivity contribution in [3.05, 3.63) is 22.4 Å². The van der Waals surface area contributed by atoms with Crippen molar-refractivity contribution in [2.75, 3.05) is 11.9 Å². The van der Waals surface area contributed by atoms with E-state index in [-0.39, 0.29) is 29.6 Å². The number of carbonyl (C=O) groups is 1. The summed E-state index contributed by atoms with van der Waals surface area (Å²) in [7, 11) is 0. The number of carbonyl (C=O) groups excluding carboxylic acids is 1. The fourth-order valence-electron chi connectivity index (χ4n) is 3.10. The molecule has 0 radical (unpaired) electrons. The number of hydrogen-bond donors (Lipinski definition) is 2. The SMILES string of the molecule is CCCOc1cc(NC2CCC(C(=O)NC(C)C)CC2)c([N+](=O)[O-])cn1. The highest BCUT2D eigenvalue weighted by atomic mass is 16.6. The molecule has 0 bridgehead atoms. The predicted molar refractivity (Wildman–Crippen MR) is 99.3 cm³/mol. The number of amides is 1. The largest absolute Gasteiger partial charge is 0.478 e. The molecule has 1 aliphatic rings. The molecule has 1 amide bonds. The summed E-state index contributed by atoms with van der Waals surface area (Å²) in [6.45, 7) is 6.40. The second kappa shape index (κ2) is 9.35. The van der Waals surface area contributed by atoms with Crippen LogP contribution in [-0.2, 0) is 4.79 Å². The molecular weight excluding hydrogens is 336 g/mol. The number of ether oxygens (including phenoxy) is 1. The van der Waals surface area contributed by atoms with Gasteiger partial charge in [0.2, 0.25) is 11.8 Å². The number of nitrogens with one attached hydrogen (secondary N) is 2. The Morgan fingerprint density at radius 1 is 1.38 bits per heavy atom. The summed E-state index contributed by atoms with van der Waals surface area (Å²) in [6.07, 6.45) is 5.20. The van der Waals surface area contributed by atoms with Crippen LogP contribution in [0.2, 0.25) is 0 Å². The van der Waals surface area contributed by atoms with Gasteiger partial charge >= 0.3 is 5.69 Å². The van der Waals surface area contributed by atoms with Crippen molar-refractivity contribution in [1.82, 2.24) is 10.3 Å². The Kier molecular flexibility index (Phi) is 7.17. The molecule has 1 heterocycles. The molecule has 0 aromatic carbocycles. The molecule has 1 aromatic heterocycles. The lowest BCUT2D eigenvalue weighted by molar-refractivity contribution is -0.384. The number of nitro groups is 1. The van der Waals surface area contributed by atoms with Gasteiger partial charge in [0.15, 0.2) is 0 Å². The fraction of sp³-hybridized carbons (Fsp3) is 0.667. The van der Waals surface area contributed by atoms with Crippen molar-refractivity contribution in [3.63, 3.8) is 0 Å². The highest BCUT2D eigenvalue weighted by Crippen LogP contribution is 2.32. The maximum absolute atomic E-state index is 12.1. The van der Waals surface area contributed by atoms with Crippen molar-refractivity contribution in [3.8, 4) is 5.88 Å². The van der Waals surface area contributed by atoms with E-state index in [0.29, 0.717) is 18.2 Å². The Morgan fingerprint density at radius 2 is 2.08 bits per heavy atom. The van der Waals surface area contributed by atoms with Crippen molar-refractivity contribution in [2.45, 2.75) is 65.0 Å². The van der Waals surface area contributed by atoms with Crippen LogP contribution in [0.15, 0.2) is 12.3 Å². The summed E-state index contributed by atoms with van der Waals surface area (Å²) in [4.78, 5) is 26.9. The van der Waals surface area contributed by atoms with Crippen LogP contribution >= 0.6 is 0 Å². The van der Waals surface area contributed by atoms with Gasteiger partial charge in [0.1, 0.15) is 11.9 Å². The molecule has 144 valence electrons. The third-order valence-electron chi connectivity index (χ3n) is 4.40. The minimum absolute atomic E-state index is 0.0197. The molecule has 0 unspecified atom stereocenters. The summed E-state index contributed by atoms with van der Waals surface area (Å²) in [5, 5.41) is 17.5. The van der Waals surface area contributed by atoms with Crippen LogP contribution in [0.3, 0.4) is 0 Å². The Morgan fingerprint density at radius 3 is 2.65 bits per heavy atom. The number of rotatable bonds is 8. The zero-order valence-corrected chi connectivity index (χ0v) is 15.7. The molecule has 1 aliphatic carbocycles. The third-order valence-corrected chi connectivity index (χ3v) is 4.40. The Balaban J connectivity index is 1.99. The van der Waals surface area contributed by atoms with Gasteiger partial charge in [-0.3, -0.25) is 14.9 Å². The van der Waals surface area contributed by atoms with E-state index in [2.05, 4.69) is 15.6 Å². The number of hydrogen-bond acceptors (Lipinski definition) is 6. The van der Waals surface area contributed by atoms with Crippen LogP contribution in [0, 0.1) is 16.0 Å². The Bertz CT molecular complexity index is 628. The topological polar surface area (TPSA) is 106 Å². The van der Waals surface area contributed by atoms with Gasteiger partial charge in [0.05, 0.1) is 11.5 Å². The molecule has 1 aromatic rings. The van der Waals surface area contributed by atoms with E-state index in [1.54, 1.807) is 6.07 Å². The average Bonchev–Trinajstić information content (AvgIpc) is 2.60. The molecule has 1 fully saturated rings. The predicted octanol–water partition coefficient (Wildman–Crippen LogP) is 3.27. The number of pyridine rings is 1. The Hall–Kier alpha value is -2.38. The maximum Gasteiger partial charge on any atom is 0.310 e. The lowest BCUT2D eigenvalue weighted by atomic mass is 9.85. The average molecular weight is 364 g/mol. The molecule has 0 aliphatic heterocycles. The van der Waals surface area contributed by atoms with Crippen LogP contribution in [-0.4, -0.2) is 34.5 Å². The Labute approximate surface area is 153 Å². The van der Waals surface area contributed by atoms with E-state index in [9.17, 15) is 14.9 Å². The van der Waals surface area contributed by atoms with E-state index in [4.69, 9.17) is 4.74 Å². The normalized spacial score (nSPS) is 19.8. The second-order valence-corrected chi connectivity index (χ2v) is 7.00. The van der Waals surface area contributed by atoms with Gasteiger partial charge in [-0.15, -0.1) is 0 Å². The maximum atomic E-state index is 12.1. The summed E-state index contributed by atoms with van der Waals surface area (Å²) >= 11 is 0. The van der Waals surface area contributed by atoms with E-state index >= 15 is 0 Å². The molecule has 0 atom stereocenters. The first-order valence-corrected chi connectivity index (χ1v) is 9.24. The number of aromatic nitrogens is 1. The van der Waals surface area contributed by atoms with Crippen LogP contribution in [0.5, 0.6) is 5.88 Å². The van der Waals surface area contributed by atoms with Gasteiger partial charge in [0, 0.05) is 24.1 Å². The summed E-state index contributed by atoms with van der Waals surface area (Å²) in [5.41, 5.74) is 0.361. The van der Waals surface area contributed by atoms with Crippen LogP contribution in [0.4, 0.5) is 11.4 Å². The van der Waals surface area contributed by atoms with Gasteiger partial charge < -0.3 is 15.4 Å². The zero-order valence-electron chi connectivity index (χ0n) is 15.7. The van der Waals surface area contributed by atoms with Gasteiger partial charge in [0.25, 0.3) is 0 Å². The standard InChI is InChI=1S/C18H28N4O4/c1-4-9-26-17-10-15(16(11-19-17)22(24)25)21-14-7-5-13(6-8-14)18(23)20-12(2)3/h10-14H,4-9H2,1-3H3,(H,19,21)(H,20,23). The molecule has 2 rings (SSSR count). The van der Waals surface area contributed by atoms with Crippen LogP contribution in [0.25, 0.3) is 0 Å². The third kappa shape index (κ3) is 5.57. The monoisotopic (exact) mass is 364 g/mol. The molecule has 1 saturated carbocycles. The molecule has 2 N–H and O–H groups in total. The first kappa shape index (κ1) is 19.9. The minimum atomic E-state index is -0.444.